The van der Waals surface area contributed by atoms with Gasteiger partial charge >= 0.3 is 0 Å². The highest BCUT2D eigenvalue weighted by atomic mass is 35.5. The van der Waals surface area contributed by atoms with Crippen LogP contribution in [0, 0.1) is 5.92 Å². The number of carbonyl (C=O) groups is 1. The first-order chi connectivity index (χ1) is 10.6. The van der Waals surface area contributed by atoms with Crippen LogP contribution in [0.25, 0.3) is 0 Å². The van der Waals surface area contributed by atoms with Crippen LogP contribution in [0.15, 0.2) is 42.5 Å². The van der Waals surface area contributed by atoms with Crippen LogP contribution in [0.5, 0.6) is 11.5 Å². The van der Waals surface area contributed by atoms with Gasteiger partial charge in [-0.1, -0.05) is 11.6 Å². The van der Waals surface area contributed by atoms with Gasteiger partial charge in [0.1, 0.15) is 18.1 Å². The van der Waals surface area contributed by atoms with E-state index >= 15 is 0 Å². The number of ketones is 1. The summed E-state index contributed by atoms with van der Waals surface area (Å²) in [5.41, 5.74) is 1.07. The van der Waals surface area contributed by atoms with Crippen molar-refractivity contribution in [1.82, 2.24) is 0 Å². The molecule has 1 aliphatic heterocycles. The lowest BCUT2D eigenvalue weighted by molar-refractivity contribution is 0.0416. The third kappa shape index (κ3) is 2.67. The van der Waals surface area contributed by atoms with Gasteiger partial charge in [-0.3, -0.25) is 4.79 Å². The average molecular weight is 319 g/mol. The molecule has 1 N–H and O–H groups in total. The molecule has 1 aliphatic rings. The number of hydrogen-bond donors (Lipinski definition) is 1. The Morgan fingerprint density at radius 1 is 1.27 bits per heavy atom. The second kappa shape index (κ2) is 5.99. The first kappa shape index (κ1) is 14.9. The first-order valence-electron chi connectivity index (χ1n) is 6.88. The van der Waals surface area contributed by atoms with E-state index in [1.807, 2.05) is 0 Å². The van der Waals surface area contributed by atoms with Gasteiger partial charge in [-0.15, -0.1) is 0 Å². The molecule has 2 aromatic rings. The van der Waals surface area contributed by atoms with Crippen LogP contribution in [0.4, 0.5) is 0 Å². The maximum Gasteiger partial charge on any atom is 0.172 e. The second-order valence-corrected chi connectivity index (χ2v) is 5.57. The molecular formula is C17H15ClO4. The van der Waals surface area contributed by atoms with Gasteiger partial charge in [0, 0.05) is 16.1 Å². The molecule has 0 aliphatic carbocycles. The molecule has 0 fully saturated rings. The lowest BCUT2D eigenvalue weighted by Crippen LogP contribution is -2.32. The lowest BCUT2D eigenvalue weighted by Gasteiger charge is -2.29. The predicted molar refractivity (Wildman–Crippen MR) is 82.7 cm³/mol. The van der Waals surface area contributed by atoms with Crippen molar-refractivity contribution in [3.8, 4) is 11.5 Å². The highest BCUT2D eigenvalue weighted by molar-refractivity contribution is 6.30. The number of fused-ring (bicyclic) bond motifs is 1. The zero-order valence-corrected chi connectivity index (χ0v) is 12.7. The molecule has 4 nitrogen and oxygen atoms in total. The van der Waals surface area contributed by atoms with E-state index in [1.54, 1.807) is 49.6 Å². The molecular weight excluding hydrogens is 304 g/mol. The minimum atomic E-state index is -0.929. The van der Waals surface area contributed by atoms with E-state index in [2.05, 4.69) is 0 Å². The number of ether oxygens (including phenoxy) is 2. The molecule has 22 heavy (non-hydrogen) atoms. The standard InChI is InChI=1S/C17H15ClO4/c1-21-12-6-7-15-13(8-12)17(20)14(9-22-15)16(19)10-2-4-11(18)5-3-10/h2-8,14,17,20H,9H2,1H3. The van der Waals surface area contributed by atoms with Crippen LogP contribution in [0.1, 0.15) is 22.0 Å². The van der Waals surface area contributed by atoms with Gasteiger partial charge in [0.15, 0.2) is 5.78 Å². The number of aliphatic hydroxyl groups excluding tert-OH is 1. The number of rotatable bonds is 3. The fourth-order valence-electron chi connectivity index (χ4n) is 2.55. The topological polar surface area (TPSA) is 55.8 Å². The highest BCUT2D eigenvalue weighted by Gasteiger charge is 2.35. The second-order valence-electron chi connectivity index (χ2n) is 5.14. The van der Waals surface area contributed by atoms with Gasteiger partial charge in [0.05, 0.1) is 19.1 Å². The van der Waals surface area contributed by atoms with E-state index in [1.165, 1.54) is 0 Å². The van der Waals surface area contributed by atoms with Crippen molar-refractivity contribution < 1.29 is 19.4 Å². The van der Waals surface area contributed by atoms with Gasteiger partial charge in [0.25, 0.3) is 0 Å². The molecule has 0 amide bonds. The fourth-order valence-corrected chi connectivity index (χ4v) is 2.68. The normalized spacial score (nSPS) is 20.0. The minimum absolute atomic E-state index is 0.141. The van der Waals surface area contributed by atoms with Gasteiger partial charge in [0.2, 0.25) is 0 Å². The summed E-state index contributed by atoms with van der Waals surface area (Å²) < 4.78 is 10.8. The summed E-state index contributed by atoms with van der Waals surface area (Å²) in [5, 5.41) is 11.1. The SMILES string of the molecule is COc1ccc2c(c1)C(O)C(C(=O)c1ccc(Cl)cc1)CO2. The number of benzene rings is 2. The zero-order chi connectivity index (χ0) is 15.7. The molecule has 2 aromatic carbocycles. The smallest absolute Gasteiger partial charge is 0.172 e. The van der Waals surface area contributed by atoms with Crippen molar-refractivity contribution in [2.45, 2.75) is 6.10 Å². The summed E-state index contributed by atoms with van der Waals surface area (Å²) >= 11 is 5.83. The van der Waals surface area contributed by atoms with E-state index < -0.39 is 12.0 Å². The van der Waals surface area contributed by atoms with Gasteiger partial charge in [-0.25, -0.2) is 0 Å². The molecule has 1 heterocycles. The Balaban J connectivity index is 1.89. The number of carbonyl (C=O) groups excluding carboxylic acids is 1. The first-order valence-corrected chi connectivity index (χ1v) is 7.26. The van der Waals surface area contributed by atoms with Crippen molar-refractivity contribution in [2.75, 3.05) is 13.7 Å². The van der Waals surface area contributed by atoms with Gasteiger partial charge < -0.3 is 14.6 Å². The molecule has 0 bridgehead atoms. The Hall–Kier alpha value is -2.04. The number of methoxy groups -OCH3 is 1. The molecule has 0 radical (unpaired) electrons. The Labute approximate surface area is 133 Å². The summed E-state index contributed by atoms with van der Waals surface area (Å²) in [6.07, 6.45) is -0.929. The maximum absolute atomic E-state index is 12.6. The molecule has 2 atom stereocenters. The number of Topliss-reactive ketones (excluding diaryl/α,β-unsaturated/α-hetero) is 1. The van der Waals surface area contributed by atoms with Crippen LogP contribution in [-0.4, -0.2) is 24.6 Å². The molecule has 0 saturated carbocycles. The van der Waals surface area contributed by atoms with E-state index in [9.17, 15) is 9.90 Å². The van der Waals surface area contributed by atoms with Crippen molar-refractivity contribution in [3.63, 3.8) is 0 Å². The largest absolute Gasteiger partial charge is 0.497 e. The fraction of sp³-hybridized carbons (Fsp3) is 0.235. The highest BCUT2D eigenvalue weighted by Crippen LogP contribution is 2.38. The monoisotopic (exact) mass is 318 g/mol. The minimum Gasteiger partial charge on any atom is -0.497 e. The quantitative estimate of drug-likeness (QED) is 0.882. The van der Waals surface area contributed by atoms with Crippen molar-refractivity contribution in [3.05, 3.63) is 58.6 Å². The molecule has 0 aromatic heterocycles. The van der Waals surface area contributed by atoms with Crippen LogP contribution < -0.4 is 9.47 Å². The summed E-state index contributed by atoms with van der Waals surface area (Å²) in [7, 11) is 1.55. The molecule has 114 valence electrons. The van der Waals surface area contributed by atoms with Crippen molar-refractivity contribution >= 4 is 17.4 Å². The van der Waals surface area contributed by atoms with Crippen LogP contribution in [-0.2, 0) is 0 Å². The molecule has 2 unspecified atom stereocenters. The average Bonchev–Trinajstić information content (AvgIpc) is 2.55. The Bertz CT molecular complexity index is 696. The molecule has 0 saturated heterocycles. The molecule has 3 rings (SSSR count). The van der Waals surface area contributed by atoms with E-state index in [0.717, 1.165) is 0 Å². The van der Waals surface area contributed by atoms with Gasteiger partial charge in [-0.2, -0.15) is 0 Å². The maximum atomic E-state index is 12.6. The van der Waals surface area contributed by atoms with Gasteiger partial charge in [-0.05, 0) is 42.5 Å². The van der Waals surface area contributed by atoms with Crippen molar-refractivity contribution in [1.29, 1.82) is 0 Å². The summed E-state index contributed by atoms with van der Waals surface area (Å²) in [6, 6.07) is 11.8. The number of hydrogen-bond acceptors (Lipinski definition) is 4. The van der Waals surface area contributed by atoms with Crippen LogP contribution >= 0.6 is 11.6 Å². The zero-order valence-electron chi connectivity index (χ0n) is 12.0. The van der Waals surface area contributed by atoms with Crippen LogP contribution in [0.3, 0.4) is 0 Å². The number of aliphatic hydroxyl groups is 1. The summed E-state index contributed by atoms with van der Waals surface area (Å²) in [5.74, 6) is 0.368. The molecule has 5 heteroatoms. The third-order valence-corrected chi connectivity index (χ3v) is 4.05. The summed E-state index contributed by atoms with van der Waals surface area (Å²) in [6.45, 7) is 0.141. The van der Waals surface area contributed by atoms with E-state index in [0.29, 0.717) is 27.6 Å². The predicted octanol–water partition coefficient (Wildman–Crippen LogP) is 3.27. The van der Waals surface area contributed by atoms with E-state index in [4.69, 9.17) is 21.1 Å². The molecule has 0 spiro atoms. The van der Waals surface area contributed by atoms with E-state index in [-0.39, 0.29) is 12.4 Å². The number of halogens is 1. The summed E-state index contributed by atoms with van der Waals surface area (Å²) in [4.78, 5) is 12.6. The third-order valence-electron chi connectivity index (χ3n) is 3.80. The Morgan fingerprint density at radius 2 is 2.00 bits per heavy atom. The Kier molecular flexibility index (Phi) is 4.05. The lowest BCUT2D eigenvalue weighted by atomic mass is 9.87. The van der Waals surface area contributed by atoms with Crippen LogP contribution in [0.2, 0.25) is 5.02 Å². The van der Waals surface area contributed by atoms with Crippen molar-refractivity contribution in [2.24, 2.45) is 5.92 Å². The Morgan fingerprint density at radius 3 is 2.68 bits per heavy atom.